The van der Waals surface area contributed by atoms with Crippen molar-refractivity contribution >= 4 is 10.8 Å². The van der Waals surface area contributed by atoms with Gasteiger partial charge in [0, 0.05) is 5.39 Å². The van der Waals surface area contributed by atoms with Crippen LogP contribution in [0.15, 0.2) is 36.4 Å². The molecule has 2 aromatic rings. The quantitative estimate of drug-likeness (QED) is 0.748. The van der Waals surface area contributed by atoms with E-state index in [2.05, 4.69) is 59.7 Å². The summed E-state index contributed by atoms with van der Waals surface area (Å²) in [6, 6.07) is 12.3. The predicted octanol–water partition coefficient (Wildman–Crippen LogP) is 5.19. The summed E-state index contributed by atoms with van der Waals surface area (Å²) in [6.45, 7) is 12.3. The molecule has 2 nitrogen and oxygen atoms in total. The van der Waals surface area contributed by atoms with E-state index in [-0.39, 0.29) is 11.2 Å². The second-order valence-electron chi connectivity index (χ2n) is 7.07. The molecule has 0 saturated heterocycles. The summed E-state index contributed by atoms with van der Waals surface area (Å²) in [5.41, 5.74) is -0.414. The van der Waals surface area contributed by atoms with Gasteiger partial charge in [-0.25, -0.2) is 0 Å². The molecule has 0 atom stereocenters. The average molecular weight is 272 g/mol. The Labute approximate surface area is 121 Å². The molecule has 2 aromatic carbocycles. The van der Waals surface area contributed by atoms with Crippen LogP contribution < -0.4 is 9.47 Å². The van der Waals surface area contributed by atoms with Crippen LogP contribution in [-0.4, -0.2) is 11.2 Å². The normalized spacial score (nSPS) is 12.5. The third-order valence-electron chi connectivity index (χ3n) is 2.65. The van der Waals surface area contributed by atoms with Crippen molar-refractivity contribution in [2.75, 3.05) is 0 Å². The Kier molecular flexibility index (Phi) is 3.68. The zero-order valence-electron chi connectivity index (χ0n) is 13.3. The van der Waals surface area contributed by atoms with Gasteiger partial charge in [0.05, 0.1) is 0 Å². The summed E-state index contributed by atoms with van der Waals surface area (Å²) in [6.07, 6.45) is 0. The molecule has 0 aliphatic carbocycles. The molecule has 0 radical (unpaired) electrons. The minimum absolute atomic E-state index is 0.201. The largest absolute Gasteiger partial charge is 0.488 e. The van der Waals surface area contributed by atoms with E-state index in [1.807, 2.05) is 18.2 Å². The Morgan fingerprint density at radius 1 is 0.750 bits per heavy atom. The molecular weight excluding hydrogens is 248 g/mol. The fourth-order valence-corrected chi connectivity index (χ4v) is 2.06. The second-order valence-corrected chi connectivity index (χ2v) is 7.07. The maximum atomic E-state index is 6.04. The Morgan fingerprint density at radius 2 is 1.40 bits per heavy atom. The molecule has 0 spiro atoms. The van der Waals surface area contributed by atoms with Crippen molar-refractivity contribution in [3.05, 3.63) is 36.4 Å². The van der Waals surface area contributed by atoms with Gasteiger partial charge in [-0.1, -0.05) is 18.2 Å². The van der Waals surface area contributed by atoms with E-state index >= 15 is 0 Å². The van der Waals surface area contributed by atoms with Crippen LogP contribution in [0.1, 0.15) is 41.5 Å². The highest BCUT2D eigenvalue weighted by Crippen LogP contribution is 2.32. The average Bonchev–Trinajstić information content (AvgIpc) is 2.26. The van der Waals surface area contributed by atoms with Gasteiger partial charge in [-0.05, 0) is 65.1 Å². The SMILES string of the molecule is CC(C)(C)Oc1ccc2cccc(OC(C)(C)C)c2c1. The molecule has 2 heteroatoms. The summed E-state index contributed by atoms with van der Waals surface area (Å²) in [5, 5.41) is 2.25. The molecule has 2 rings (SSSR count). The maximum Gasteiger partial charge on any atom is 0.128 e. The van der Waals surface area contributed by atoms with Crippen LogP contribution in [0.3, 0.4) is 0 Å². The number of fused-ring (bicyclic) bond motifs is 1. The van der Waals surface area contributed by atoms with Gasteiger partial charge in [0.15, 0.2) is 0 Å². The first-order chi connectivity index (χ1) is 9.14. The van der Waals surface area contributed by atoms with Crippen molar-refractivity contribution in [3.8, 4) is 11.5 Å². The smallest absolute Gasteiger partial charge is 0.128 e. The molecule has 0 fully saturated rings. The summed E-state index contributed by atoms with van der Waals surface area (Å²) in [7, 11) is 0. The number of rotatable bonds is 2. The molecule has 0 unspecified atom stereocenters. The summed E-state index contributed by atoms with van der Waals surface area (Å²) in [5.74, 6) is 1.77. The van der Waals surface area contributed by atoms with Crippen LogP contribution in [0.4, 0.5) is 0 Å². The number of benzene rings is 2. The molecule has 0 N–H and O–H groups in total. The summed E-state index contributed by atoms with van der Waals surface area (Å²) < 4.78 is 12.0. The van der Waals surface area contributed by atoms with E-state index in [9.17, 15) is 0 Å². The Morgan fingerprint density at radius 3 is 2.00 bits per heavy atom. The highest BCUT2D eigenvalue weighted by Gasteiger charge is 2.15. The van der Waals surface area contributed by atoms with Crippen molar-refractivity contribution in [1.29, 1.82) is 0 Å². The van der Waals surface area contributed by atoms with Gasteiger partial charge >= 0.3 is 0 Å². The molecule has 0 saturated carbocycles. The highest BCUT2D eigenvalue weighted by molar-refractivity contribution is 5.89. The standard InChI is InChI=1S/C18H24O2/c1-17(2,3)19-14-11-10-13-8-7-9-16(15(13)12-14)20-18(4,5)6/h7-12H,1-6H3. The fourth-order valence-electron chi connectivity index (χ4n) is 2.06. The van der Waals surface area contributed by atoms with E-state index in [1.165, 1.54) is 0 Å². The van der Waals surface area contributed by atoms with Crippen molar-refractivity contribution in [3.63, 3.8) is 0 Å². The molecule has 0 bridgehead atoms. The first kappa shape index (κ1) is 14.7. The second kappa shape index (κ2) is 5.01. The fraction of sp³-hybridized carbons (Fsp3) is 0.444. The van der Waals surface area contributed by atoms with Gasteiger partial charge in [-0.3, -0.25) is 0 Å². The van der Waals surface area contributed by atoms with Crippen molar-refractivity contribution in [1.82, 2.24) is 0 Å². The Bertz CT molecular complexity index is 601. The lowest BCUT2D eigenvalue weighted by atomic mass is 10.1. The zero-order chi connectivity index (χ0) is 15.0. The number of hydrogen-bond donors (Lipinski definition) is 0. The maximum absolute atomic E-state index is 6.04. The van der Waals surface area contributed by atoms with Crippen LogP contribution >= 0.6 is 0 Å². The molecule has 0 amide bonds. The molecule has 0 heterocycles. The molecular formula is C18H24O2. The Balaban J connectivity index is 2.46. The summed E-state index contributed by atoms with van der Waals surface area (Å²) in [4.78, 5) is 0. The van der Waals surface area contributed by atoms with Crippen LogP contribution in [0, 0.1) is 0 Å². The topological polar surface area (TPSA) is 18.5 Å². The van der Waals surface area contributed by atoms with Crippen molar-refractivity contribution in [2.24, 2.45) is 0 Å². The predicted molar refractivity (Wildman–Crippen MR) is 84.7 cm³/mol. The third kappa shape index (κ3) is 3.89. The van der Waals surface area contributed by atoms with Gasteiger partial charge < -0.3 is 9.47 Å². The lowest BCUT2D eigenvalue weighted by molar-refractivity contribution is 0.129. The number of ether oxygens (including phenoxy) is 2. The lowest BCUT2D eigenvalue weighted by Gasteiger charge is -2.24. The van der Waals surface area contributed by atoms with Crippen LogP contribution in [-0.2, 0) is 0 Å². The van der Waals surface area contributed by atoms with Gasteiger partial charge in [-0.15, -0.1) is 0 Å². The van der Waals surface area contributed by atoms with Gasteiger partial charge in [0.2, 0.25) is 0 Å². The van der Waals surface area contributed by atoms with Crippen LogP contribution in [0.5, 0.6) is 11.5 Å². The first-order valence-corrected chi connectivity index (χ1v) is 7.05. The van der Waals surface area contributed by atoms with Crippen LogP contribution in [0.25, 0.3) is 10.8 Å². The van der Waals surface area contributed by atoms with E-state index in [1.54, 1.807) is 0 Å². The molecule has 0 aliphatic rings. The molecule has 108 valence electrons. The van der Waals surface area contributed by atoms with Gasteiger partial charge in [0.25, 0.3) is 0 Å². The molecule has 20 heavy (non-hydrogen) atoms. The van der Waals surface area contributed by atoms with E-state index in [4.69, 9.17) is 9.47 Å². The van der Waals surface area contributed by atoms with E-state index in [0.717, 1.165) is 22.3 Å². The minimum Gasteiger partial charge on any atom is -0.488 e. The highest BCUT2D eigenvalue weighted by atomic mass is 16.5. The van der Waals surface area contributed by atoms with Crippen molar-refractivity contribution < 1.29 is 9.47 Å². The summed E-state index contributed by atoms with van der Waals surface area (Å²) >= 11 is 0. The Hall–Kier alpha value is -1.70. The monoisotopic (exact) mass is 272 g/mol. The van der Waals surface area contributed by atoms with Crippen molar-refractivity contribution in [2.45, 2.75) is 52.7 Å². The number of hydrogen-bond acceptors (Lipinski definition) is 2. The van der Waals surface area contributed by atoms with E-state index < -0.39 is 0 Å². The lowest BCUT2D eigenvalue weighted by Crippen LogP contribution is -2.23. The van der Waals surface area contributed by atoms with Gasteiger partial charge in [0.1, 0.15) is 22.7 Å². The molecule has 0 aliphatic heterocycles. The first-order valence-electron chi connectivity index (χ1n) is 7.05. The van der Waals surface area contributed by atoms with Gasteiger partial charge in [-0.2, -0.15) is 0 Å². The third-order valence-corrected chi connectivity index (χ3v) is 2.65. The minimum atomic E-state index is -0.213. The van der Waals surface area contributed by atoms with E-state index in [0.29, 0.717) is 0 Å². The zero-order valence-corrected chi connectivity index (χ0v) is 13.3. The molecule has 0 aromatic heterocycles. The van der Waals surface area contributed by atoms with Crippen LogP contribution in [0.2, 0.25) is 0 Å².